The van der Waals surface area contributed by atoms with Crippen LogP contribution in [0.15, 0.2) is 355 Å². The first kappa shape index (κ1) is 54.5. The molecule has 3 aromatic heterocycles. The molecule has 3 nitrogen and oxygen atoms in total. The Morgan fingerprint density at radius 3 is 1.30 bits per heavy atom. The molecule has 18 aromatic rings. The maximum atomic E-state index is 6.43. The molecule has 2 atom stereocenters. The molecule has 0 aliphatic heterocycles. The van der Waals surface area contributed by atoms with Crippen LogP contribution in [0.2, 0.25) is 0 Å². The van der Waals surface area contributed by atoms with Gasteiger partial charge in [0.05, 0.1) is 16.7 Å². The molecule has 2 bridgehead atoms. The van der Waals surface area contributed by atoms with E-state index in [1.54, 1.807) is 0 Å². The van der Waals surface area contributed by atoms with Gasteiger partial charge in [-0.05, 0) is 176 Å². The molecule has 0 N–H and O–H groups in total. The maximum absolute atomic E-state index is 6.43. The Morgan fingerprint density at radius 2 is 0.698 bits per heavy atom. The number of hydrogen-bond donors (Lipinski definition) is 0. The van der Waals surface area contributed by atoms with Gasteiger partial charge in [-0.15, -0.1) is 0 Å². The second kappa shape index (κ2) is 21.5. The summed E-state index contributed by atoms with van der Waals surface area (Å²) in [6, 6.07) is 130. The van der Waals surface area contributed by atoms with Gasteiger partial charge in [0, 0.05) is 44.2 Å². The van der Waals surface area contributed by atoms with Crippen molar-refractivity contribution in [1.82, 2.24) is 4.57 Å². The fraction of sp³-hybridized carbons (Fsp3) is 0.0217. The first-order valence-electron chi connectivity index (χ1n) is 33.3. The molecule has 0 amide bonds. The lowest BCUT2D eigenvalue weighted by atomic mass is 9.60. The van der Waals surface area contributed by atoms with Gasteiger partial charge in [-0.1, -0.05) is 279 Å². The van der Waals surface area contributed by atoms with Crippen molar-refractivity contribution >= 4 is 94.5 Å². The first-order valence-corrected chi connectivity index (χ1v) is 35.3. The van der Waals surface area contributed by atoms with Crippen LogP contribution < -0.4 is 20.7 Å². The lowest BCUT2D eigenvalue weighted by molar-refractivity contribution is 0.668. The van der Waals surface area contributed by atoms with E-state index < -0.39 is 8.07 Å². The van der Waals surface area contributed by atoms with Crippen LogP contribution in [-0.2, 0) is 0 Å². The summed E-state index contributed by atoms with van der Waals surface area (Å²) < 4.78 is 15.5. The average molecular weight is 1240 g/mol. The van der Waals surface area contributed by atoms with Gasteiger partial charge in [-0.25, -0.2) is 0 Å². The summed E-state index contributed by atoms with van der Waals surface area (Å²) in [5, 5.41) is 12.3. The van der Waals surface area contributed by atoms with Crippen LogP contribution in [0, 0.1) is 0 Å². The van der Waals surface area contributed by atoms with Gasteiger partial charge in [0.1, 0.15) is 22.3 Å². The van der Waals surface area contributed by atoms with E-state index in [9.17, 15) is 0 Å². The van der Waals surface area contributed by atoms with Crippen molar-refractivity contribution in [2.45, 2.75) is 11.8 Å². The van der Waals surface area contributed by atoms with Gasteiger partial charge in [0.15, 0.2) is 8.07 Å². The van der Waals surface area contributed by atoms with E-state index in [1.165, 1.54) is 104 Å². The Kier molecular flexibility index (Phi) is 12.2. The highest BCUT2D eigenvalue weighted by Crippen LogP contribution is 2.58. The molecule has 15 aromatic carbocycles. The van der Waals surface area contributed by atoms with Crippen LogP contribution in [0.1, 0.15) is 45.2 Å². The number of para-hydroxylation sites is 3. The normalized spacial score (nSPS) is 14.0. The van der Waals surface area contributed by atoms with Crippen molar-refractivity contribution < 1.29 is 8.83 Å². The zero-order valence-electron chi connectivity index (χ0n) is 52.3. The molecular weight excluding hydrogens is 1180 g/mol. The predicted octanol–water partition coefficient (Wildman–Crippen LogP) is 21.3. The van der Waals surface area contributed by atoms with Crippen molar-refractivity contribution in [3.8, 4) is 61.3 Å². The summed E-state index contributed by atoms with van der Waals surface area (Å²) in [5.74, 6) is -0.105. The van der Waals surface area contributed by atoms with Gasteiger partial charge in [-0.2, -0.15) is 0 Å². The maximum Gasteiger partial charge on any atom is 0.179 e. The molecule has 0 spiro atoms. The quantitative estimate of drug-likeness (QED) is 0.101. The van der Waals surface area contributed by atoms with E-state index in [4.69, 9.17) is 8.83 Å². The molecule has 448 valence electrons. The number of fused-ring (bicyclic) bond motifs is 9. The molecule has 21 rings (SSSR count). The molecular formula is C92H59NO2Si. The molecule has 3 aliphatic rings. The number of nitrogens with zero attached hydrogens (tertiary/aromatic N) is 1. The Morgan fingerprint density at radius 1 is 0.250 bits per heavy atom. The van der Waals surface area contributed by atoms with E-state index in [0.29, 0.717) is 0 Å². The minimum Gasteiger partial charge on any atom is -0.456 e. The second-order valence-electron chi connectivity index (χ2n) is 26.0. The number of hydrogen-bond acceptors (Lipinski definition) is 2. The van der Waals surface area contributed by atoms with Crippen molar-refractivity contribution in [2.75, 3.05) is 0 Å². The molecule has 4 heteroatoms. The molecule has 3 aliphatic carbocycles. The number of furan rings is 2. The van der Waals surface area contributed by atoms with Gasteiger partial charge < -0.3 is 13.4 Å². The summed E-state index contributed by atoms with van der Waals surface area (Å²) >= 11 is 0. The van der Waals surface area contributed by atoms with Gasteiger partial charge in [0.2, 0.25) is 0 Å². The Bertz CT molecular complexity index is 5930. The fourth-order valence-corrected chi connectivity index (χ4v) is 22.2. The standard InChI is InChI=1S/C92H59NO2Si/c1-5-24-58(25-6-1)63-52-64(59-26-7-2-8-27-59)54-67(53-63)96(65-28-9-3-10-29-65,66-30-11-4-12-31-66)87-45-23-40-76-89-73-35-13-14-36-74(73)92(91(76)87)90-75(89)39-22-42-82(90)93-80-41-18-15-32-70(80)77-57-62(46-49-81(77)93)88-68(60-47-50-85-78(55-60)71-33-16-19-43-83(71)94-85)37-21-38-69(88)61-48-51-86-79(56-61)72-34-17-20-44-84(72)95-86/h1-57,89,92H. The SMILES string of the molecule is c1ccc(-c2cc(-c3ccccc3)cc([Si](c3ccccc3)(c3ccccc3)c3cccc4c3C3c5ccccc5C4c4cccc(-n5c6ccccc6c6cc(-c7c(-c8ccc9oc%10ccccc%10c9c8)cccc7-c7ccc8oc9ccccc9c8c7)ccc65)c43)c2)cc1. The average Bonchev–Trinajstić information content (AvgIpc) is 0.690. The lowest BCUT2D eigenvalue weighted by Crippen LogP contribution is -2.75. The molecule has 2 unspecified atom stereocenters. The minimum atomic E-state index is -3.32. The summed E-state index contributed by atoms with van der Waals surface area (Å²) in [4.78, 5) is 0. The van der Waals surface area contributed by atoms with Crippen molar-refractivity contribution in [3.63, 3.8) is 0 Å². The van der Waals surface area contributed by atoms with Crippen molar-refractivity contribution in [1.29, 1.82) is 0 Å². The smallest absolute Gasteiger partial charge is 0.179 e. The lowest BCUT2D eigenvalue weighted by Gasteiger charge is -2.47. The largest absolute Gasteiger partial charge is 0.456 e. The van der Waals surface area contributed by atoms with E-state index >= 15 is 0 Å². The van der Waals surface area contributed by atoms with Crippen LogP contribution in [0.3, 0.4) is 0 Å². The summed E-state index contributed by atoms with van der Waals surface area (Å²) in [6.07, 6.45) is 0. The number of rotatable bonds is 10. The van der Waals surface area contributed by atoms with Gasteiger partial charge in [-0.3, -0.25) is 0 Å². The summed E-state index contributed by atoms with van der Waals surface area (Å²) in [7, 11) is -3.32. The van der Waals surface area contributed by atoms with Crippen LogP contribution in [0.25, 0.3) is 127 Å². The Hall–Kier alpha value is -12.1. The van der Waals surface area contributed by atoms with Crippen LogP contribution in [-0.4, -0.2) is 12.6 Å². The van der Waals surface area contributed by atoms with Crippen LogP contribution in [0.4, 0.5) is 0 Å². The highest BCUT2D eigenvalue weighted by molar-refractivity contribution is 7.20. The van der Waals surface area contributed by atoms with Gasteiger partial charge >= 0.3 is 0 Å². The number of aromatic nitrogens is 1. The number of benzene rings is 15. The molecule has 0 saturated heterocycles. The highest BCUT2D eigenvalue weighted by Gasteiger charge is 2.50. The topological polar surface area (TPSA) is 31.2 Å². The molecule has 3 heterocycles. The molecule has 0 saturated carbocycles. The highest BCUT2D eigenvalue weighted by atomic mass is 28.3. The van der Waals surface area contributed by atoms with Crippen molar-refractivity contribution in [3.05, 3.63) is 379 Å². The van der Waals surface area contributed by atoms with Gasteiger partial charge in [0.25, 0.3) is 0 Å². The zero-order valence-corrected chi connectivity index (χ0v) is 53.3. The second-order valence-corrected chi connectivity index (χ2v) is 29.8. The zero-order chi connectivity index (χ0) is 63.0. The monoisotopic (exact) mass is 1240 g/mol. The molecule has 0 fully saturated rings. The first-order chi connectivity index (χ1) is 47.6. The predicted molar refractivity (Wildman–Crippen MR) is 401 cm³/mol. The third-order valence-corrected chi connectivity index (χ3v) is 25.9. The van der Waals surface area contributed by atoms with Crippen molar-refractivity contribution in [2.24, 2.45) is 0 Å². The Labute approximate surface area is 556 Å². The van der Waals surface area contributed by atoms with Crippen LogP contribution >= 0.6 is 0 Å². The summed E-state index contributed by atoms with van der Waals surface area (Å²) in [6.45, 7) is 0. The molecule has 96 heavy (non-hydrogen) atoms. The Balaban J connectivity index is 0.828. The van der Waals surface area contributed by atoms with E-state index in [0.717, 1.165) is 77.2 Å². The van der Waals surface area contributed by atoms with E-state index in [1.807, 2.05) is 12.1 Å². The fourth-order valence-electron chi connectivity index (χ4n) is 17.1. The van der Waals surface area contributed by atoms with E-state index in [2.05, 4.69) is 338 Å². The third kappa shape index (κ3) is 8.13. The minimum absolute atomic E-state index is 0.00184. The molecule has 0 radical (unpaired) electrons. The van der Waals surface area contributed by atoms with E-state index in [-0.39, 0.29) is 11.8 Å². The van der Waals surface area contributed by atoms with Crippen LogP contribution in [0.5, 0.6) is 0 Å². The third-order valence-electron chi connectivity index (χ3n) is 21.1. The summed E-state index contributed by atoms with van der Waals surface area (Å²) in [5.41, 5.74) is 27.1.